The molecule has 0 fully saturated rings. The Kier molecular flexibility index (Phi) is 4.99. The van der Waals surface area contributed by atoms with Crippen molar-refractivity contribution in [3.05, 3.63) is 29.8 Å². The Morgan fingerprint density at radius 2 is 2.00 bits per heavy atom. The highest BCUT2D eigenvalue weighted by Crippen LogP contribution is 2.26. The van der Waals surface area contributed by atoms with Gasteiger partial charge in [-0.15, -0.1) is 0 Å². The molecule has 0 aliphatic carbocycles. The highest BCUT2D eigenvalue weighted by atomic mass is 16.3. The molecule has 1 unspecified atom stereocenters. The molecule has 3 heteroatoms. The zero-order valence-corrected chi connectivity index (χ0v) is 10.7. The van der Waals surface area contributed by atoms with Gasteiger partial charge in [0.1, 0.15) is 0 Å². The molecule has 1 aromatic rings. The van der Waals surface area contributed by atoms with E-state index in [0.29, 0.717) is 6.54 Å². The van der Waals surface area contributed by atoms with E-state index in [2.05, 4.69) is 17.9 Å². The first-order chi connectivity index (χ1) is 8.10. The van der Waals surface area contributed by atoms with Crippen LogP contribution in [-0.4, -0.2) is 18.2 Å². The predicted molar refractivity (Wildman–Crippen MR) is 69.7 cm³/mol. The van der Waals surface area contributed by atoms with E-state index in [1.807, 2.05) is 31.2 Å². The van der Waals surface area contributed by atoms with Gasteiger partial charge in [-0.1, -0.05) is 18.2 Å². The molecule has 0 amide bonds. The second kappa shape index (κ2) is 6.27. The summed E-state index contributed by atoms with van der Waals surface area (Å²) in [7, 11) is 0. The van der Waals surface area contributed by atoms with Gasteiger partial charge in [-0.2, -0.15) is 5.26 Å². The first-order valence-electron chi connectivity index (χ1n) is 6.01. The number of rotatable bonds is 5. The SMILES string of the molecule is CCN(CC(C)C#N)c1ccccc1[C@@H](C)O. The van der Waals surface area contributed by atoms with Crippen LogP contribution in [0, 0.1) is 17.2 Å². The van der Waals surface area contributed by atoms with Gasteiger partial charge in [-0.3, -0.25) is 0 Å². The van der Waals surface area contributed by atoms with Crippen LogP contribution < -0.4 is 4.90 Å². The molecule has 0 heterocycles. The van der Waals surface area contributed by atoms with Crippen LogP contribution in [0.4, 0.5) is 5.69 Å². The quantitative estimate of drug-likeness (QED) is 0.849. The number of anilines is 1. The zero-order chi connectivity index (χ0) is 12.8. The van der Waals surface area contributed by atoms with Crippen molar-refractivity contribution in [2.45, 2.75) is 26.9 Å². The van der Waals surface area contributed by atoms with Gasteiger partial charge in [-0.25, -0.2) is 0 Å². The standard InChI is InChI=1S/C14H20N2O/c1-4-16(10-11(2)9-15)14-8-6-5-7-13(14)12(3)17/h5-8,11-12,17H,4,10H2,1-3H3/t11?,12-/m1/s1. The van der Waals surface area contributed by atoms with Crippen molar-refractivity contribution in [2.75, 3.05) is 18.0 Å². The van der Waals surface area contributed by atoms with Gasteiger partial charge >= 0.3 is 0 Å². The third-order valence-corrected chi connectivity index (χ3v) is 2.82. The summed E-state index contributed by atoms with van der Waals surface area (Å²) < 4.78 is 0. The van der Waals surface area contributed by atoms with Gasteiger partial charge in [-0.05, 0) is 26.8 Å². The lowest BCUT2D eigenvalue weighted by Crippen LogP contribution is -2.28. The van der Waals surface area contributed by atoms with Crippen molar-refractivity contribution in [1.29, 1.82) is 5.26 Å². The van der Waals surface area contributed by atoms with Gasteiger partial charge in [0.15, 0.2) is 0 Å². The maximum absolute atomic E-state index is 9.75. The summed E-state index contributed by atoms with van der Waals surface area (Å²) in [5.41, 5.74) is 1.94. The van der Waals surface area contributed by atoms with E-state index >= 15 is 0 Å². The molecule has 0 radical (unpaired) electrons. The number of para-hydroxylation sites is 1. The third kappa shape index (κ3) is 3.47. The Balaban J connectivity index is 2.99. The lowest BCUT2D eigenvalue weighted by atomic mass is 10.1. The monoisotopic (exact) mass is 232 g/mol. The molecule has 1 aromatic carbocycles. The van der Waals surface area contributed by atoms with Crippen molar-refractivity contribution < 1.29 is 5.11 Å². The third-order valence-electron chi connectivity index (χ3n) is 2.82. The van der Waals surface area contributed by atoms with Crippen LogP contribution in [0.3, 0.4) is 0 Å². The summed E-state index contributed by atoms with van der Waals surface area (Å²) in [5, 5.41) is 18.6. The average molecular weight is 232 g/mol. The lowest BCUT2D eigenvalue weighted by molar-refractivity contribution is 0.199. The fourth-order valence-electron chi connectivity index (χ4n) is 1.90. The molecular formula is C14H20N2O. The maximum atomic E-state index is 9.75. The number of hydrogen-bond acceptors (Lipinski definition) is 3. The predicted octanol–water partition coefficient (Wildman–Crippen LogP) is 2.73. The molecule has 0 saturated carbocycles. The number of aliphatic hydroxyl groups is 1. The van der Waals surface area contributed by atoms with Gasteiger partial charge < -0.3 is 10.0 Å². The highest BCUT2D eigenvalue weighted by Gasteiger charge is 2.14. The zero-order valence-electron chi connectivity index (χ0n) is 10.7. The van der Waals surface area contributed by atoms with Crippen molar-refractivity contribution in [3.8, 4) is 6.07 Å². The normalized spacial score (nSPS) is 13.8. The van der Waals surface area contributed by atoms with Crippen LogP contribution in [0.15, 0.2) is 24.3 Å². The molecule has 0 saturated heterocycles. The molecule has 3 nitrogen and oxygen atoms in total. The van der Waals surface area contributed by atoms with Gasteiger partial charge in [0.25, 0.3) is 0 Å². The summed E-state index contributed by atoms with van der Waals surface area (Å²) in [6, 6.07) is 10.1. The molecule has 0 spiro atoms. The lowest BCUT2D eigenvalue weighted by Gasteiger charge is -2.27. The molecule has 0 aliphatic rings. The van der Waals surface area contributed by atoms with E-state index in [1.165, 1.54) is 0 Å². The van der Waals surface area contributed by atoms with Crippen LogP contribution in [0.25, 0.3) is 0 Å². The summed E-state index contributed by atoms with van der Waals surface area (Å²) >= 11 is 0. The van der Waals surface area contributed by atoms with E-state index in [1.54, 1.807) is 6.92 Å². The Morgan fingerprint density at radius 3 is 2.53 bits per heavy atom. The average Bonchev–Trinajstić information content (AvgIpc) is 2.35. The Hall–Kier alpha value is -1.53. The maximum Gasteiger partial charge on any atom is 0.0781 e. The minimum Gasteiger partial charge on any atom is -0.389 e. The molecule has 92 valence electrons. The van der Waals surface area contributed by atoms with E-state index in [9.17, 15) is 5.11 Å². The topological polar surface area (TPSA) is 47.3 Å². The molecule has 2 atom stereocenters. The number of hydrogen-bond donors (Lipinski definition) is 1. The number of benzene rings is 1. The van der Waals surface area contributed by atoms with Crippen LogP contribution >= 0.6 is 0 Å². The van der Waals surface area contributed by atoms with Crippen LogP contribution in [0.5, 0.6) is 0 Å². The molecule has 1 N–H and O–H groups in total. The number of nitriles is 1. The second-order valence-corrected chi connectivity index (χ2v) is 4.30. The van der Waals surface area contributed by atoms with Crippen molar-refractivity contribution in [1.82, 2.24) is 0 Å². The van der Waals surface area contributed by atoms with E-state index < -0.39 is 6.10 Å². The minimum atomic E-state index is -0.488. The molecule has 0 aromatic heterocycles. The van der Waals surface area contributed by atoms with Gasteiger partial charge in [0.05, 0.1) is 18.1 Å². The fourth-order valence-corrected chi connectivity index (χ4v) is 1.90. The smallest absolute Gasteiger partial charge is 0.0781 e. The minimum absolute atomic E-state index is 0.0167. The molecule has 0 bridgehead atoms. The Morgan fingerprint density at radius 1 is 1.35 bits per heavy atom. The van der Waals surface area contributed by atoms with E-state index in [0.717, 1.165) is 17.8 Å². The van der Waals surface area contributed by atoms with Crippen molar-refractivity contribution in [3.63, 3.8) is 0 Å². The summed E-state index contributed by atoms with van der Waals surface area (Å²) in [6.07, 6.45) is -0.488. The Labute approximate surface area is 103 Å². The van der Waals surface area contributed by atoms with Gasteiger partial charge in [0, 0.05) is 24.3 Å². The van der Waals surface area contributed by atoms with Crippen molar-refractivity contribution in [2.24, 2.45) is 5.92 Å². The fraction of sp³-hybridized carbons (Fsp3) is 0.500. The second-order valence-electron chi connectivity index (χ2n) is 4.30. The first-order valence-corrected chi connectivity index (χ1v) is 6.01. The van der Waals surface area contributed by atoms with Gasteiger partial charge in [0.2, 0.25) is 0 Å². The highest BCUT2D eigenvalue weighted by molar-refractivity contribution is 5.54. The van der Waals surface area contributed by atoms with Crippen molar-refractivity contribution >= 4 is 5.69 Å². The Bertz CT molecular complexity index is 395. The van der Waals surface area contributed by atoms with Crippen LogP contribution in [-0.2, 0) is 0 Å². The number of nitrogens with zero attached hydrogens (tertiary/aromatic N) is 2. The van der Waals surface area contributed by atoms with E-state index in [4.69, 9.17) is 5.26 Å². The largest absolute Gasteiger partial charge is 0.389 e. The molecule has 1 rings (SSSR count). The number of aliphatic hydroxyl groups excluding tert-OH is 1. The summed E-state index contributed by atoms with van der Waals surface area (Å²) in [5.74, 6) is -0.0167. The summed E-state index contributed by atoms with van der Waals surface area (Å²) in [6.45, 7) is 7.25. The molecular weight excluding hydrogens is 212 g/mol. The van der Waals surface area contributed by atoms with Crippen LogP contribution in [0.2, 0.25) is 0 Å². The first kappa shape index (κ1) is 13.5. The molecule has 0 aliphatic heterocycles. The molecule has 17 heavy (non-hydrogen) atoms. The van der Waals surface area contributed by atoms with Crippen LogP contribution in [0.1, 0.15) is 32.4 Å². The summed E-state index contributed by atoms with van der Waals surface area (Å²) in [4.78, 5) is 2.13. The van der Waals surface area contributed by atoms with E-state index in [-0.39, 0.29) is 5.92 Å².